The number of anilines is 1. The average molecular weight is 737 g/mol. The van der Waals surface area contributed by atoms with Crippen LogP contribution in [0.3, 0.4) is 0 Å². The normalized spacial score (nSPS) is 14.8. The molecule has 0 aliphatic heterocycles. The van der Waals surface area contributed by atoms with Gasteiger partial charge in [-0.1, -0.05) is 141 Å². The van der Waals surface area contributed by atoms with Gasteiger partial charge in [-0.3, -0.25) is 0 Å². The van der Waals surface area contributed by atoms with Gasteiger partial charge in [0.15, 0.2) is 0 Å². The van der Waals surface area contributed by atoms with Gasteiger partial charge in [-0.05, 0) is 114 Å². The first kappa shape index (κ1) is 35.6. The average Bonchev–Trinajstić information content (AvgIpc) is 3.65. The minimum Gasteiger partial charge on any atom is -0.464 e. The molecular weight excluding hydrogens is 693 g/mol. The van der Waals surface area contributed by atoms with E-state index in [-0.39, 0.29) is 5.92 Å². The summed E-state index contributed by atoms with van der Waals surface area (Å²) in [6.07, 6.45) is 21.7. The molecule has 2 aromatic heterocycles. The standard InChI is InChI=1S/C54H44N2O/c1-3-14-46(4-2)55(47-18-6-5-7-19-47)48-32-27-39(28-33-48)40-29-34-49(35-30-40)56-52-21-12-11-20-50(52)51-37-44(31-36-53(51)56)41-23-25-42(26-24-41)45-17-9-8-15-43-16-10-13-22-54(43)57-38-45/h3-9,11-15,17-27,29-39H,1-2,10,16,28H2/b15-8?,17-9?,45-38?,46-14+. The van der Waals surface area contributed by atoms with Crippen LogP contribution in [-0.4, -0.2) is 4.57 Å². The number of rotatable bonds is 9. The van der Waals surface area contributed by atoms with Gasteiger partial charge in [-0.2, -0.15) is 0 Å². The minimum atomic E-state index is 0.288. The zero-order valence-electron chi connectivity index (χ0n) is 32.0. The third-order valence-corrected chi connectivity index (χ3v) is 11.1. The van der Waals surface area contributed by atoms with Crippen LogP contribution in [0.4, 0.5) is 5.69 Å². The van der Waals surface area contributed by atoms with Gasteiger partial charge in [0.05, 0.1) is 17.3 Å². The highest BCUT2D eigenvalue weighted by atomic mass is 16.3. The molecule has 3 nitrogen and oxygen atoms in total. The lowest BCUT2D eigenvalue weighted by Crippen LogP contribution is -2.21. The molecule has 3 heteroatoms. The van der Waals surface area contributed by atoms with Gasteiger partial charge in [0, 0.05) is 45.0 Å². The largest absolute Gasteiger partial charge is 0.464 e. The maximum Gasteiger partial charge on any atom is 0.129 e. The van der Waals surface area contributed by atoms with Crippen molar-refractivity contribution in [3.05, 3.63) is 236 Å². The van der Waals surface area contributed by atoms with Gasteiger partial charge >= 0.3 is 0 Å². The lowest BCUT2D eigenvalue weighted by atomic mass is 9.91. The predicted molar refractivity (Wildman–Crippen MR) is 241 cm³/mol. The van der Waals surface area contributed by atoms with Crippen molar-refractivity contribution in [2.75, 3.05) is 4.90 Å². The van der Waals surface area contributed by atoms with Gasteiger partial charge in [0.2, 0.25) is 0 Å². The Kier molecular flexibility index (Phi) is 9.95. The molecule has 2 heterocycles. The first-order valence-corrected chi connectivity index (χ1v) is 19.7. The van der Waals surface area contributed by atoms with Crippen molar-refractivity contribution in [1.29, 1.82) is 0 Å². The smallest absolute Gasteiger partial charge is 0.129 e. The van der Waals surface area contributed by atoms with E-state index < -0.39 is 0 Å². The van der Waals surface area contributed by atoms with Crippen molar-refractivity contribution >= 4 is 33.6 Å². The Morgan fingerprint density at radius 1 is 0.684 bits per heavy atom. The fourth-order valence-electron chi connectivity index (χ4n) is 8.16. The summed E-state index contributed by atoms with van der Waals surface area (Å²) in [5.41, 5.74) is 13.8. The van der Waals surface area contributed by atoms with Crippen LogP contribution in [0.15, 0.2) is 223 Å². The highest BCUT2D eigenvalue weighted by molar-refractivity contribution is 6.10. The second-order valence-electron chi connectivity index (χ2n) is 14.5. The summed E-state index contributed by atoms with van der Waals surface area (Å²) in [7, 11) is 0. The molecule has 0 bridgehead atoms. The number of aromatic nitrogens is 1. The molecule has 0 amide bonds. The Hall–Kier alpha value is -7.10. The topological polar surface area (TPSA) is 21.3 Å². The Morgan fingerprint density at radius 3 is 2.18 bits per heavy atom. The molecule has 0 spiro atoms. The number of benzene rings is 5. The van der Waals surface area contributed by atoms with Crippen LogP contribution in [0.2, 0.25) is 0 Å². The second kappa shape index (κ2) is 15.9. The zero-order chi connectivity index (χ0) is 38.6. The lowest BCUT2D eigenvalue weighted by Gasteiger charge is -2.29. The van der Waals surface area contributed by atoms with E-state index in [1.54, 1.807) is 0 Å². The Balaban J connectivity index is 0.986. The van der Waals surface area contributed by atoms with E-state index in [1.807, 2.05) is 30.6 Å². The van der Waals surface area contributed by atoms with E-state index >= 15 is 0 Å². The lowest BCUT2D eigenvalue weighted by molar-refractivity contribution is 0.535. The van der Waals surface area contributed by atoms with Crippen molar-refractivity contribution in [2.45, 2.75) is 25.2 Å². The van der Waals surface area contributed by atoms with Crippen LogP contribution >= 0.6 is 0 Å². The van der Waals surface area contributed by atoms with Crippen LogP contribution in [0.25, 0.3) is 55.8 Å². The molecule has 0 saturated carbocycles. The molecule has 7 aromatic rings. The second-order valence-corrected chi connectivity index (χ2v) is 14.5. The number of allylic oxidation sites excluding steroid dienone is 7. The van der Waals surface area contributed by atoms with E-state index in [2.05, 4.69) is 193 Å². The molecule has 0 fully saturated rings. The van der Waals surface area contributed by atoms with E-state index in [0.717, 1.165) is 58.9 Å². The highest BCUT2D eigenvalue weighted by Gasteiger charge is 2.19. The number of nitrogens with zero attached hydrogens (tertiary/aromatic N) is 2. The van der Waals surface area contributed by atoms with Crippen molar-refractivity contribution in [1.82, 2.24) is 4.57 Å². The van der Waals surface area contributed by atoms with Gasteiger partial charge in [-0.25, -0.2) is 0 Å². The summed E-state index contributed by atoms with van der Waals surface area (Å²) in [5, 5.41) is 2.48. The fourth-order valence-corrected chi connectivity index (χ4v) is 8.16. The Morgan fingerprint density at radius 2 is 1.40 bits per heavy atom. The number of fused-ring (bicyclic) bond motifs is 4. The summed E-state index contributed by atoms with van der Waals surface area (Å²) < 4.78 is 8.56. The SMILES string of the molecule is C=C/C=C(\C=C)N(C1=CCC(c2ccc(-n3c4ccccc4c4cc(-c5ccc(-c6ccccc7c(oc6)C=CCC7)cc5)ccc43)cc2)C=C1)c1ccccc1. The predicted octanol–water partition coefficient (Wildman–Crippen LogP) is 14.5. The van der Waals surface area contributed by atoms with Crippen molar-refractivity contribution in [3.63, 3.8) is 0 Å². The molecule has 2 aliphatic rings. The number of aryl methyl sites for hydroxylation is 1. The van der Waals surface area contributed by atoms with Gasteiger partial charge in [0.25, 0.3) is 0 Å². The Bertz CT molecular complexity index is 2790. The van der Waals surface area contributed by atoms with Crippen LogP contribution in [0.5, 0.6) is 0 Å². The van der Waals surface area contributed by atoms with Gasteiger partial charge in [0.1, 0.15) is 5.76 Å². The summed E-state index contributed by atoms with van der Waals surface area (Å²) in [4.78, 5) is 2.23. The minimum absolute atomic E-state index is 0.288. The maximum atomic E-state index is 6.17. The molecule has 5 aromatic carbocycles. The highest BCUT2D eigenvalue weighted by Crippen LogP contribution is 2.37. The van der Waals surface area contributed by atoms with Gasteiger partial charge < -0.3 is 13.9 Å². The van der Waals surface area contributed by atoms with Crippen molar-refractivity contribution in [2.24, 2.45) is 0 Å². The van der Waals surface area contributed by atoms with E-state index in [9.17, 15) is 0 Å². The Labute approximate surface area is 335 Å². The van der Waals surface area contributed by atoms with Crippen LogP contribution in [0, 0.1) is 0 Å². The fraction of sp³-hybridized carbons (Fsp3) is 0.0741. The van der Waals surface area contributed by atoms with Crippen molar-refractivity contribution in [3.8, 4) is 27.9 Å². The van der Waals surface area contributed by atoms with E-state index in [4.69, 9.17) is 4.42 Å². The summed E-state index contributed by atoms with van der Waals surface area (Å²) in [5.74, 6) is 1.22. The number of para-hydroxylation sites is 2. The van der Waals surface area contributed by atoms with Crippen LogP contribution in [-0.2, 0) is 6.42 Å². The molecule has 9 rings (SSSR count). The van der Waals surface area contributed by atoms with Crippen LogP contribution in [0.1, 0.15) is 35.6 Å². The van der Waals surface area contributed by atoms with E-state index in [0.29, 0.717) is 0 Å². The molecule has 1 atom stereocenters. The molecule has 0 saturated heterocycles. The molecule has 1 unspecified atom stereocenters. The van der Waals surface area contributed by atoms with E-state index in [1.165, 1.54) is 44.1 Å². The summed E-state index contributed by atoms with van der Waals surface area (Å²) in [6.45, 7) is 8.01. The first-order chi connectivity index (χ1) is 28.2. The van der Waals surface area contributed by atoms with Crippen molar-refractivity contribution < 1.29 is 4.42 Å². The molecule has 0 N–H and O–H groups in total. The maximum absolute atomic E-state index is 6.17. The van der Waals surface area contributed by atoms with Crippen LogP contribution < -0.4 is 4.90 Å². The molecule has 276 valence electrons. The molecule has 57 heavy (non-hydrogen) atoms. The summed E-state index contributed by atoms with van der Waals surface area (Å²) in [6, 6.07) is 52.4. The molecular formula is C54H44N2O. The monoisotopic (exact) mass is 736 g/mol. The quantitative estimate of drug-likeness (QED) is 0.138. The molecule has 2 aliphatic carbocycles. The van der Waals surface area contributed by atoms with Gasteiger partial charge in [-0.15, -0.1) is 0 Å². The third-order valence-electron chi connectivity index (χ3n) is 11.1. The third kappa shape index (κ3) is 7.12. The summed E-state index contributed by atoms with van der Waals surface area (Å²) >= 11 is 0. The number of hydrogen-bond acceptors (Lipinski definition) is 2. The number of hydrogen-bond donors (Lipinski definition) is 0. The first-order valence-electron chi connectivity index (χ1n) is 19.7. The molecule has 0 radical (unpaired) electrons. The zero-order valence-corrected chi connectivity index (χ0v) is 32.0.